The van der Waals surface area contributed by atoms with Gasteiger partial charge < -0.3 is 20.5 Å². The average Bonchev–Trinajstić information content (AvgIpc) is 3.16. The number of carbonyl (C=O) groups excluding carboxylic acids is 2. The predicted molar refractivity (Wildman–Crippen MR) is 127 cm³/mol. The second-order valence-electron chi connectivity index (χ2n) is 8.26. The number of fused-ring (bicyclic) bond motifs is 3. The van der Waals surface area contributed by atoms with Crippen LogP contribution in [-0.2, 0) is 14.3 Å². The van der Waals surface area contributed by atoms with E-state index in [2.05, 4.69) is 22.8 Å². The van der Waals surface area contributed by atoms with Crippen molar-refractivity contribution >= 4 is 18.0 Å². The summed E-state index contributed by atoms with van der Waals surface area (Å²) in [5.74, 6) is -1.62. The molecule has 2 atom stereocenters. The molecule has 174 valence electrons. The summed E-state index contributed by atoms with van der Waals surface area (Å²) in [6, 6.07) is 23.3. The molecule has 4 rings (SSSR count). The predicted octanol–water partition coefficient (Wildman–Crippen LogP) is 4.25. The zero-order valence-corrected chi connectivity index (χ0v) is 18.7. The largest absolute Gasteiger partial charge is 0.481 e. The SMILES string of the molecule is C[C@@H](NC(=O)OCC1c2ccccc2-c2ccccc21)C(=O)NC(CC(=O)O)c1ccccc1. The van der Waals surface area contributed by atoms with E-state index in [1.54, 1.807) is 24.3 Å². The Morgan fingerprint density at radius 2 is 1.41 bits per heavy atom. The monoisotopic (exact) mass is 458 g/mol. The molecule has 34 heavy (non-hydrogen) atoms. The van der Waals surface area contributed by atoms with Crippen molar-refractivity contribution in [2.24, 2.45) is 0 Å². The van der Waals surface area contributed by atoms with Crippen molar-refractivity contribution in [3.05, 3.63) is 95.6 Å². The third-order valence-electron chi connectivity index (χ3n) is 5.97. The molecular formula is C27H26N2O5. The lowest BCUT2D eigenvalue weighted by molar-refractivity contribution is -0.137. The second-order valence-corrected chi connectivity index (χ2v) is 8.26. The first-order valence-electron chi connectivity index (χ1n) is 11.1. The van der Waals surface area contributed by atoms with Gasteiger partial charge in [-0.15, -0.1) is 0 Å². The van der Waals surface area contributed by atoms with E-state index in [4.69, 9.17) is 4.74 Å². The number of benzene rings is 3. The van der Waals surface area contributed by atoms with E-state index in [1.165, 1.54) is 6.92 Å². The Kier molecular flexibility index (Phi) is 6.92. The minimum Gasteiger partial charge on any atom is -0.481 e. The van der Waals surface area contributed by atoms with Crippen molar-refractivity contribution in [3.63, 3.8) is 0 Å². The van der Waals surface area contributed by atoms with Crippen LogP contribution in [0.1, 0.15) is 42.0 Å². The smallest absolute Gasteiger partial charge is 0.407 e. The maximum absolute atomic E-state index is 12.7. The van der Waals surface area contributed by atoms with Crippen LogP contribution < -0.4 is 10.6 Å². The Bertz CT molecular complexity index is 1150. The molecule has 3 aromatic carbocycles. The van der Waals surface area contributed by atoms with Crippen LogP contribution in [-0.4, -0.2) is 35.7 Å². The highest BCUT2D eigenvalue weighted by molar-refractivity contribution is 5.86. The van der Waals surface area contributed by atoms with Crippen LogP contribution in [0, 0.1) is 0 Å². The Labute approximate surface area is 197 Å². The molecule has 2 amide bonds. The lowest BCUT2D eigenvalue weighted by Crippen LogP contribution is -2.46. The van der Waals surface area contributed by atoms with Crippen molar-refractivity contribution in [1.82, 2.24) is 10.6 Å². The first-order valence-corrected chi connectivity index (χ1v) is 11.1. The van der Waals surface area contributed by atoms with Gasteiger partial charge in [0.25, 0.3) is 0 Å². The number of rotatable bonds is 8. The van der Waals surface area contributed by atoms with Crippen molar-refractivity contribution in [3.8, 4) is 11.1 Å². The number of hydrogen-bond acceptors (Lipinski definition) is 4. The van der Waals surface area contributed by atoms with Crippen LogP contribution in [0.25, 0.3) is 11.1 Å². The van der Waals surface area contributed by atoms with Gasteiger partial charge in [0, 0.05) is 5.92 Å². The van der Waals surface area contributed by atoms with Crippen molar-refractivity contribution in [2.75, 3.05) is 6.61 Å². The minimum atomic E-state index is -1.04. The summed E-state index contributed by atoms with van der Waals surface area (Å²) in [7, 11) is 0. The third-order valence-corrected chi connectivity index (χ3v) is 5.97. The van der Waals surface area contributed by atoms with E-state index in [9.17, 15) is 19.5 Å². The fourth-order valence-corrected chi connectivity index (χ4v) is 4.29. The Morgan fingerprint density at radius 3 is 2.00 bits per heavy atom. The van der Waals surface area contributed by atoms with Gasteiger partial charge in [-0.1, -0.05) is 78.9 Å². The number of hydrogen-bond donors (Lipinski definition) is 3. The highest BCUT2D eigenvalue weighted by atomic mass is 16.5. The van der Waals surface area contributed by atoms with Gasteiger partial charge >= 0.3 is 12.1 Å². The second kappa shape index (κ2) is 10.2. The number of carbonyl (C=O) groups is 3. The molecule has 0 saturated heterocycles. The zero-order chi connectivity index (χ0) is 24.1. The molecular weight excluding hydrogens is 432 g/mol. The number of nitrogens with one attached hydrogen (secondary N) is 2. The molecule has 7 nitrogen and oxygen atoms in total. The number of amides is 2. The van der Waals surface area contributed by atoms with Crippen LogP contribution in [0.5, 0.6) is 0 Å². The quantitative estimate of drug-likeness (QED) is 0.468. The number of ether oxygens (including phenoxy) is 1. The van der Waals surface area contributed by atoms with Crippen molar-refractivity contribution < 1.29 is 24.2 Å². The highest BCUT2D eigenvalue weighted by Crippen LogP contribution is 2.44. The van der Waals surface area contributed by atoms with Gasteiger partial charge in [-0.05, 0) is 34.7 Å². The van der Waals surface area contributed by atoms with Crippen LogP contribution in [0.4, 0.5) is 4.79 Å². The fourth-order valence-electron chi connectivity index (χ4n) is 4.29. The molecule has 3 aromatic rings. The lowest BCUT2D eigenvalue weighted by Gasteiger charge is -2.21. The van der Waals surface area contributed by atoms with Crippen LogP contribution in [0.2, 0.25) is 0 Å². The van der Waals surface area contributed by atoms with Crippen LogP contribution in [0.15, 0.2) is 78.9 Å². The van der Waals surface area contributed by atoms with E-state index in [1.807, 2.05) is 42.5 Å². The van der Waals surface area contributed by atoms with Gasteiger partial charge in [0.2, 0.25) is 5.91 Å². The van der Waals surface area contributed by atoms with Crippen molar-refractivity contribution in [2.45, 2.75) is 31.3 Å². The van der Waals surface area contributed by atoms with E-state index >= 15 is 0 Å². The van der Waals surface area contributed by atoms with Crippen LogP contribution >= 0.6 is 0 Å². The molecule has 7 heteroatoms. The number of carboxylic acid groups (broad SMARTS) is 1. The molecule has 0 spiro atoms. The summed E-state index contributed by atoms with van der Waals surface area (Å²) in [6.45, 7) is 1.67. The Hall–Kier alpha value is -4.13. The van der Waals surface area contributed by atoms with Crippen molar-refractivity contribution in [1.29, 1.82) is 0 Å². The Balaban J connectivity index is 1.36. The molecule has 0 aliphatic heterocycles. The molecule has 1 aliphatic carbocycles. The summed E-state index contributed by atoms with van der Waals surface area (Å²) in [5.41, 5.74) is 5.13. The zero-order valence-electron chi connectivity index (χ0n) is 18.7. The van der Waals surface area contributed by atoms with Gasteiger partial charge in [-0.2, -0.15) is 0 Å². The minimum absolute atomic E-state index is 0.0830. The third kappa shape index (κ3) is 5.09. The summed E-state index contributed by atoms with van der Waals surface area (Å²) in [4.78, 5) is 36.4. The average molecular weight is 459 g/mol. The van der Waals surface area contributed by atoms with E-state index < -0.39 is 30.1 Å². The molecule has 1 aliphatic rings. The maximum atomic E-state index is 12.7. The summed E-state index contributed by atoms with van der Waals surface area (Å²) < 4.78 is 5.49. The maximum Gasteiger partial charge on any atom is 0.407 e. The molecule has 3 N–H and O–H groups in total. The highest BCUT2D eigenvalue weighted by Gasteiger charge is 2.29. The first kappa shape index (κ1) is 23.0. The van der Waals surface area contributed by atoms with E-state index in [0.717, 1.165) is 22.3 Å². The lowest BCUT2D eigenvalue weighted by atomic mass is 9.98. The molecule has 0 radical (unpaired) electrons. The summed E-state index contributed by atoms with van der Waals surface area (Å²) >= 11 is 0. The summed E-state index contributed by atoms with van der Waals surface area (Å²) in [5, 5.41) is 14.5. The molecule has 1 unspecified atom stereocenters. The number of alkyl carbamates (subject to hydrolysis) is 1. The Morgan fingerprint density at radius 1 is 0.853 bits per heavy atom. The van der Waals surface area contributed by atoms with E-state index in [-0.39, 0.29) is 18.9 Å². The van der Waals surface area contributed by atoms with Crippen LogP contribution in [0.3, 0.4) is 0 Å². The molecule has 0 fully saturated rings. The van der Waals surface area contributed by atoms with Gasteiger partial charge in [0.15, 0.2) is 0 Å². The van der Waals surface area contributed by atoms with Gasteiger partial charge in [0.05, 0.1) is 12.5 Å². The first-order chi connectivity index (χ1) is 16.4. The number of aliphatic carboxylic acids is 1. The van der Waals surface area contributed by atoms with Gasteiger partial charge in [0.1, 0.15) is 12.6 Å². The standard InChI is InChI=1S/C27H26N2O5/c1-17(26(32)29-24(15-25(30)31)18-9-3-2-4-10-18)28-27(33)34-16-23-21-13-7-5-11-19(21)20-12-6-8-14-22(20)23/h2-14,17,23-24H,15-16H2,1H3,(H,28,33)(H,29,32)(H,30,31)/t17-,24?/m1/s1. The normalized spacial score (nSPS) is 13.8. The van der Waals surface area contributed by atoms with E-state index in [0.29, 0.717) is 5.56 Å². The molecule has 0 bridgehead atoms. The summed E-state index contributed by atoms with van der Waals surface area (Å²) in [6.07, 6.45) is -0.980. The number of carboxylic acids is 1. The molecule has 0 aromatic heterocycles. The fraction of sp³-hybridized carbons (Fsp3) is 0.222. The topological polar surface area (TPSA) is 105 Å². The van der Waals surface area contributed by atoms with Gasteiger partial charge in [-0.3, -0.25) is 9.59 Å². The van der Waals surface area contributed by atoms with Gasteiger partial charge in [-0.25, -0.2) is 4.79 Å². The molecule has 0 saturated carbocycles. The molecule has 0 heterocycles.